The second-order valence-electron chi connectivity index (χ2n) is 16.7. The normalized spacial score (nSPS) is 20.7. The Morgan fingerprint density at radius 3 is 0.891 bits per heavy atom. The van der Waals surface area contributed by atoms with E-state index in [1.165, 1.54) is 62.9 Å². The third kappa shape index (κ3) is 7.23. The van der Waals surface area contributed by atoms with Gasteiger partial charge in [0.05, 0.1) is 13.1 Å². The maximum atomic E-state index is 7.17. The molecule has 314 valence electrons. The van der Waals surface area contributed by atoms with Crippen molar-refractivity contribution >= 4 is 54.0 Å². The van der Waals surface area contributed by atoms with Crippen LogP contribution in [0.2, 0.25) is 0 Å². The molecule has 64 heavy (non-hydrogen) atoms. The highest BCUT2D eigenvalue weighted by Crippen LogP contribution is 2.56. The minimum Gasteiger partial charge on any atom is -0.266 e. The van der Waals surface area contributed by atoms with Crippen molar-refractivity contribution < 1.29 is 18.1 Å². The summed E-state index contributed by atoms with van der Waals surface area (Å²) in [4.78, 5) is 5.13. The van der Waals surface area contributed by atoms with Crippen LogP contribution in [0.5, 0.6) is 0 Å². The van der Waals surface area contributed by atoms with Crippen molar-refractivity contribution in [1.29, 1.82) is 0 Å². The van der Waals surface area contributed by atoms with E-state index in [1.807, 2.05) is 0 Å². The molecule has 12 rings (SSSR count). The zero-order valence-electron chi connectivity index (χ0n) is 35.6. The largest absolute Gasteiger partial charge is 0.456 e. The smallest absolute Gasteiger partial charge is 0.266 e. The Morgan fingerprint density at radius 2 is 0.609 bits per heavy atom. The molecule has 4 aromatic carbocycles. The van der Waals surface area contributed by atoms with E-state index in [0.29, 0.717) is 0 Å². The lowest BCUT2D eigenvalue weighted by Gasteiger charge is -2.19. The molecule has 4 unspecified atom stereocenters. The summed E-state index contributed by atoms with van der Waals surface area (Å²) in [5, 5.41) is 5.24. The van der Waals surface area contributed by atoms with Crippen molar-refractivity contribution in [3.63, 3.8) is 0 Å². The molecule has 4 aliphatic carbocycles. The zero-order valence-corrected chi connectivity index (χ0v) is 39.1. The van der Waals surface area contributed by atoms with E-state index < -0.39 is 31.7 Å². The topological polar surface area (TPSA) is 43.4 Å². The molecule has 0 spiro atoms. The van der Waals surface area contributed by atoms with Gasteiger partial charge in [-0.3, -0.25) is 18.1 Å². The van der Waals surface area contributed by atoms with Crippen molar-refractivity contribution in [2.75, 3.05) is 13.1 Å². The van der Waals surface area contributed by atoms with Gasteiger partial charge in [0.15, 0.2) is 23.0 Å². The maximum Gasteiger partial charge on any atom is 0.456 e. The SMILES string of the molecule is C1=CCC2=c3ccccc3=[P+](N(CCCCCCN([P+]3=c4ccccc4=C4CC=CC=C4O3)[P+]3=c4ccccc4=C4CC=CC=C4O3)[P+]3=c4ccccc4=C4CC=CC=C4O3)OC2=C1. The van der Waals surface area contributed by atoms with Crippen LogP contribution in [0.3, 0.4) is 0 Å². The van der Waals surface area contributed by atoms with Gasteiger partial charge < -0.3 is 0 Å². The molecule has 4 aromatic rings. The quantitative estimate of drug-likeness (QED) is 0.110. The van der Waals surface area contributed by atoms with Gasteiger partial charge in [0, 0.05) is 43.2 Å². The van der Waals surface area contributed by atoms with Crippen LogP contribution < -0.4 is 20.9 Å². The van der Waals surface area contributed by atoms with Crippen molar-refractivity contribution in [3.8, 4) is 0 Å². The molecule has 4 atom stereocenters. The summed E-state index contributed by atoms with van der Waals surface area (Å²) in [7, 11) is -4.73. The van der Waals surface area contributed by atoms with Gasteiger partial charge in [-0.25, -0.2) is 0 Å². The van der Waals surface area contributed by atoms with E-state index >= 15 is 0 Å². The number of benzene rings is 4. The van der Waals surface area contributed by atoms with E-state index in [4.69, 9.17) is 18.1 Å². The Bertz CT molecular complexity index is 3030. The Labute approximate surface area is 377 Å². The molecule has 0 bridgehead atoms. The summed E-state index contributed by atoms with van der Waals surface area (Å²) in [6.45, 7) is 1.74. The van der Waals surface area contributed by atoms with Crippen molar-refractivity contribution in [3.05, 3.63) is 234 Å². The summed E-state index contributed by atoms with van der Waals surface area (Å²) >= 11 is 0. The monoisotopic (exact) mass is 912 g/mol. The number of rotatable bonds is 11. The van der Waals surface area contributed by atoms with Gasteiger partial charge in [-0.15, -0.1) is 0 Å². The highest BCUT2D eigenvalue weighted by atomic mass is 31.2. The Hall–Kier alpha value is -5.40. The second kappa shape index (κ2) is 17.5. The van der Waals surface area contributed by atoms with Crippen LogP contribution in [0.25, 0.3) is 22.3 Å². The fraction of sp³-hybridized carbons (Fsp3) is 0.185. The number of fused-ring (bicyclic) bond motifs is 8. The molecule has 4 heterocycles. The molecular weight excluding hydrogens is 864 g/mol. The first-order chi connectivity index (χ1) is 31.8. The zero-order chi connectivity index (χ0) is 42.4. The van der Waals surface area contributed by atoms with Crippen LogP contribution in [-0.4, -0.2) is 22.0 Å². The summed E-state index contributed by atoms with van der Waals surface area (Å²) < 4.78 is 33.9. The number of hydrogen-bond donors (Lipinski definition) is 0. The molecule has 0 radical (unpaired) electrons. The van der Waals surface area contributed by atoms with E-state index in [9.17, 15) is 0 Å². The Morgan fingerprint density at radius 1 is 0.344 bits per heavy atom. The van der Waals surface area contributed by atoms with Gasteiger partial charge in [0.1, 0.15) is 8.88 Å². The fourth-order valence-corrected chi connectivity index (χ4v) is 19.5. The highest BCUT2D eigenvalue weighted by molar-refractivity contribution is 7.58. The average molecular weight is 913 g/mol. The van der Waals surface area contributed by atoms with Crippen molar-refractivity contribution in [1.82, 2.24) is 8.88 Å². The average Bonchev–Trinajstić information content (AvgIpc) is 3.36. The van der Waals surface area contributed by atoms with E-state index in [2.05, 4.69) is 179 Å². The lowest BCUT2D eigenvalue weighted by Crippen LogP contribution is -2.23. The molecule has 4 aliphatic heterocycles. The first kappa shape index (κ1) is 40.1. The van der Waals surface area contributed by atoms with Crippen LogP contribution >= 0.6 is 31.7 Å². The maximum absolute atomic E-state index is 7.17. The van der Waals surface area contributed by atoms with E-state index in [1.54, 1.807) is 0 Å². The molecule has 0 saturated carbocycles. The third-order valence-electron chi connectivity index (χ3n) is 12.8. The Balaban J connectivity index is 0.895. The molecule has 0 amide bonds. The van der Waals surface area contributed by atoms with Gasteiger partial charge in [0.25, 0.3) is 0 Å². The molecule has 6 nitrogen and oxygen atoms in total. The first-order valence-corrected chi connectivity index (χ1v) is 27.4. The van der Waals surface area contributed by atoms with Gasteiger partial charge in [-0.1, -0.05) is 110 Å². The van der Waals surface area contributed by atoms with Crippen LogP contribution in [0.1, 0.15) is 51.4 Å². The van der Waals surface area contributed by atoms with E-state index in [-0.39, 0.29) is 0 Å². The first-order valence-electron chi connectivity index (χ1n) is 22.6. The van der Waals surface area contributed by atoms with Gasteiger partial charge >= 0.3 is 31.7 Å². The fourth-order valence-electron chi connectivity index (χ4n) is 9.69. The lowest BCUT2D eigenvalue weighted by atomic mass is 10.0. The molecule has 10 heteroatoms. The lowest BCUT2D eigenvalue weighted by molar-refractivity contribution is 0.416. The predicted molar refractivity (Wildman–Crippen MR) is 265 cm³/mol. The molecule has 0 fully saturated rings. The summed E-state index contributed by atoms with van der Waals surface area (Å²) in [5.41, 5.74) is 5.12. The Kier molecular flexibility index (Phi) is 11.0. The number of unbranched alkanes of at least 4 members (excludes halogenated alkanes) is 3. The van der Waals surface area contributed by atoms with Gasteiger partial charge in [0.2, 0.25) is 19.8 Å². The summed E-state index contributed by atoms with van der Waals surface area (Å²) in [6.07, 6.45) is 33.9. The summed E-state index contributed by atoms with van der Waals surface area (Å²) in [5.74, 6) is 4.00. The van der Waals surface area contributed by atoms with Crippen LogP contribution in [0.15, 0.2) is 193 Å². The van der Waals surface area contributed by atoms with E-state index in [0.717, 1.165) is 87.5 Å². The van der Waals surface area contributed by atoms with Gasteiger partial charge in [-0.05, 0) is 111 Å². The third-order valence-corrected chi connectivity index (χ3v) is 21.9. The van der Waals surface area contributed by atoms with Crippen molar-refractivity contribution in [2.45, 2.75) is 51.4 Å². The molecule has 0 saturated heterocycles. The minimum absolute atomic E-state index is 0.869. The van der Waals surface area contributed by atoms with Crippen molar-refractivity contribution in [2.24, 2.45) is 0 Å². The molecule has 0 N–H and O–H groups in total. The summed E-state index contributed by atoms with van der Waals surface area (Å²) in [6, 6.07) is 35.7. The number of hydrogen-bond acceptors (Lipinski definition) is 6. The number of allylic oxidation sites excluding steroid dienone is 16. The highest BCUT2D eigenvalue weighted by Gasteiger charge is 2.49. The van der Waals surface area contributed by atoms with Gasteiger partial charge in [-0.2, -0.15) is 0 Å². The molecule has 0 aromatic heterocycles. The van der Waals surface area contributed by atoms with Crippen LogP contribution in [0, 0.1) is 19.8 Å². The van der Waals surface area contributed by atoms with Crippen LogP contribution in [0.4, 0.5) is 0 Å². The number of nitrogens with zero attached hydrogens (tertiary/aromatic N) is 2. The van der Waals surface area contributed by atoms with Crippen LogP contribution in [-0.2, 0) is 18.1 Å². The second-order valence-corrected chi connectivity index (χ2v) is 24.1. The molecule has 8 aliphatic rings. The standard InChI is InChI=1S/C54H48N2O4P4/c1(19-37-55(61-51-33-15-7-25-43(51)39-21-3-11-29-47(39)57-61)62-52-34-16-8-26-44(52)40-22-4-12-30-48(40)58-62)2-20-38-56(63-53-35-17-9-27-45(53)41-23-5-13-31-49(41)59-63)64-54-36-18-10-28-46(54)42-24-6-14-32-50(42)60-64/h3-18,25-36H,1-2,19-24,37-38H2/q+4. The minimum atomic E-state index is -1.18. The molecular formula is C54H48N2O4P4+4. The predicted octanol–water partition coefficient (Wildman–Crippen LogP) is 12.3.